The average Bonchev–Trinajstić information content (AvgIpc) is 2.25. The Balaban J connectivity index is 2.82. The van der Waals surface area contributed by atoms with Crippen molar-refractivity contribution in [1.82, 2.24) is 0 Å². The Morgan fingerprint density at radius 1 is 1.19 bits per heavy atom. The highest BCUT2D eigenvalue weighted by Gasteiger charge is 2.47. The monoisotopic (exact) mass is 238 g/mol. The minimum atomic E-state index is -2.05. The summed E-state index contributed by atoms with van der Waals surface area (Å²) >= 11 is 0. The second-order valence-corrected chi connectivity index (χ2v) is 3.58. The molecule has 8 nitrogen and oxygen atoms in total. The van der Waals surface area contributed by atoms with E-state index in [0.29, 0.717) is 0 Å². The number of carbonyl (C=O) groups is 1. The molecule has 6 N–H and O–H groups in total. The molecule has 0 aromatic heterocycles. The van der Waals surface area contributed by atoms with Gasteiger partial charge in [-0.15, -0.1) is 0 Å². The zero-order chi connectivity index (χ0) is 12.5. The molecule has 1 aliphatic rings. The van der Waals surface area contributed by atoms with E-state index < -0.39 is 49.2 Å². The number of hydrogen-bond donors (Lipinski definition) is 6. The molecule has 0 aromatic carbocycles. The molecule has 1 fully saturated rings. The molecule has 0 saturated carbocycles. The summed E-state index contributed by atoms with van der Waals surface area (Å²) in [6, 6.07) is 0. The topological polar surface area (TPSA) is 148 Å². The van der Waals surface area contributed by atoms with Crippen molar-refractivity contribution in [2.24, 2.45) is 0 Å². The average molecular weight is 238 g/mol. The van der Waals surface area contributed by atoms with Gasteiger partial charge in [-0.3, -0.25) is 0 Å². The van der Waals surface area contributed by atoms with Gasteiger partial charge in [0.1, 0.15) is 30.5 Å². The Morgan fingerprint density at radius 2 is 1.75 bits per heavy atom. The lowest BCUT2D eigenvalue weighted by molar-refractivity contribution is -0.249. The zero-order valence-electron chi connectivity index (χ0n) is 8.17. The highest BCUT2D eigenvalue weighted by molar-refractivity contribution is 5.72. The second-order valence-electron chi connectivity index (χ2n) is 3.58. The molecule has 0 bridgehead atoms. The molecule has 1 saturated heterocycles. The molecular formula is C8H14O8. The fourth-order valence-electron chi connectivity index (χ4n) is 1.53. The number of aliphatic carboxylic acids is 1. The largest absolute Gasteiger partial charge is 0.479 e. The van der Waals surface area contributed by atoms with Crippen molar-refractivity contribution in [3.63, 3.8) is 0 Å². The van der Waals surface area contributed by atoms with Crippen molar-refractivity contribution < 1.29 is 40.2 Å². The van der Waals surface area contributed by atoms with Crippen molar-refractivity contribution in [1.29, 1.82) is 0 Å². The molecule has 6 atom stereocenters. The molecule has 3 unspecified atom stereocenters. The first-order valence-corrected chi connectivity index (χ1v) is 4.61. The Bertz CT molecular complexity index is 254. The van der Waals surface area contributed by atoms with Gasteiger partial charge in [0, 0.05) is 0 Å². The third kappa shape index (κ3) is 2.32. The highest BCUT2D eigenvalue weighted by atomic mass is 16.6. The normalized spacial score (nSPS) is 41.7. The number of hydrogen-bond acceptors (Lipinski definition) is 7. The van der Waals surface area contributed by atoms with E-state index in [-0.39, 0.29) is 0 Å². The first kappa shape index (κ1) is 13.3. The maximum Gasteiger partial charge on any atom is 0.335 e. The fraction of sp³-hybridized carbons (Fsp3) is 0.875. The maximum atomic E-state index is 10.5. The SMILES string of the molecule is O=C(O)C(O)C1O[C@H](CO)[C@@H](O)[C@H](O)C1O. The fourth-order valence-corrected chi connectivity index (χ4v) is 1.53. The molecular weight excluding hydrogens is 224 g/mol. The van der Waals surface area contributed by atoms with Crippen LogP contribution in [0, 0.1) is 0 Å². The summed E-state index contributed by atoms with van der Waals surface area (Å²) in [5.41, 5.74) is 0. The van der Waals surface area contributed by atoms with Crippen LogP contribution in [-0.2, 0) is 9.53 Å². The van der Waals surface area contributed by atoms with Crippen molar-refractivity contribution in [2.75, 3.05) is 6.61 Å². The quantitative estimate of drug-likeness (QED) is 0.294. The van der Waals surface area contributed by atoms with E-state index in [1.807, 2.05) is 0 Å². The van der Waals surface area contributed by atoms with Gasteiger partial charge >= 0.3 is 5.97 Å². The van der Waals surface area contributed by atoms with E-state index in [9.17, 15) is 25.2 Å². The van der Waals surface area contributed by atoms with Gasteiger partial charge in [-0.25, -0.2) is 4.79 Å². The van der Waals surface area contributed by atoms with Crippen LogP contribution in [-0.4, -0.2) is 79.8 Å². The van der Waals surface area contributed by atoms with Gasteiger partial charge in [0.25, 0.3) is 0 Å². The van der Waals surface area contributed by atoms with Gasteiger partial charge in [-0.2, -0.15) is 0 Å². The Morgan fingerprint density at radius 3 is 2.19 bits per heavy atom. The van der Waals surface area contributed by atoms with Crippen LogP contribution < -0.4 is 0 Å². The van der Waals surface area contributed by atoms with Gasteiger partial charge in [0.15, 0.2) is 6.10 Å². The summed E-state index contributed by atoms with van der Waals surface area (Å²) in [7, 11) is 0. The van der Waals surface area contributed by atoms with Crippen molar-refractivity contribution >= 4 is 5.97 Å². The van der Waals surface area contributed by atoms with Crippen LogP contribution in [0.15, 0.2) is 0 Å². The summed E-state index contributed by atoms with van der Waals surface area (Å²) in [6.07, 6.45) is -9.89. The van der Waals surface area contributed by atoms with Crippen LogP contribution in [0.4, 0.5) is 0 Å². The number of rotatable bonds is 3. The summed E-state index contributed by atoms with van der Waals surface area (Å²) in [5.74, 6) is -1.63. The standard InChI is InChI=1S/C8H14O8/c9-1-2-3(10)4(11)5(12)7(16-2)6(13)8(14)15/h2-7,9-13H,1H2,(H,14,15)/t2-,3-,4+,5?,6?,7?/m1/s1. The van der Waals surface area contributed by atoms with Crippen LogP contribution in [0.1, 0.15) is 0 Å². The second kappa shape index (κ2) is 5.04. The molecule has 1 heterocycles. The first-order chi connectivity index (χ1) is 7.40. The Kier molecular flexibility index (Phi) is 4.19. The highest BCUT2D eigenvalue weighted by Crippen LogP contribution is 2.23. The third-order valence-electron chi connectivity index (χ3n) is 2.49. The van der Waals surface area contributed by atoms with Gasteiger partial charge in [-0.05, 0) is 0 Å². The van der Waals surface area contributed by atoms with E-state index in [1.165, 1.54) is 0 Å². The van der Waals surface area contributed by atoms with Crippen molar-refractivity contribution in [3.05, 3.63) is 0 Å². The van der Waals surface area contributed by atoms with Crippen LogP contribution in [0.25, 0.3) is 0 Å². The number of aliphatic hydroxyl groups is 5. The molecule has 0 spiro atoms. The molecule has 1 aliphatic heterocycles. The molecule has 0 radical (unpaired) electrons. The van der Waals surface area contributed by atoms with E-state index in [4.69, 9.17) is 14.9 Å². The van der Waals surface area contributed by atoms with Crippen LogP contribution in [0.3, 0.4) is 0 Å². The maximum absolute atomic E-state index is 10.5. The third-order valence-corrected chi connectivity index (χ3v) is 2.49. The lowest BCUT2D eigenvalue weighted by Crippen LogP contribution is -2.62. The first-order valence-electron chi connectivity index (χ1n) is 4.61. The van der Waals surface area contributed by atoms with Crippen LogP contribution in [0.2, 0.25) is 0 Å². The zero-order valence-corrected chi connectivity index (χ0v) is 8.17. The molecule has 8 heteroatoms. The van der Waals surface area contributed by atoms with Crippen molar-refractivity contribution in [2.45, 2.75) is 36.6 Å². The van der Waals surface area contributed by atoms with E-state index >= 15 is 0 Å². The minimum Gasteiger partial charge on any atom is -0.479 e. The molecule has 0 aromatic rings. The summed E-state index contributed by atoms with van der Waals surface area (Å²) in [6.45, 7) is -0.673. The number of ether oxygens (including phenoxy) is 1. The molecule has 1 rings (SSSR count). The molecule has 0 amide bonds. The predicted molar refractivity (Wildman–Crippen MR) is 47.4 cm³/mol. The Labute approximate surface area is 90.3 Å². The number of aliphatic hydroxyl groups excluding tert-OH is 5. The molecule has 94 valence electrons. The van der Waals surface area contributed by atoms with Crippen molar-refractivity contribution in [3.8, 4) is 0 Å². The van der Waals surface area contributed by atoms with Gasteiger partial charge < -0.3 is 35.4 Å². The van der Waals surface area contributed by atoms with Crippen LogP contribution in [0.5, 0.6) is 0 Å². The van der Waals surface area contributed by atoms with Gasteiger partial charge in [0.2, 0.25) is 0 Å². The van der Waals surface area contributed by atoms with E-state index in [1.54, 1.807) is 0 Å². The minimum absolute atomic E-state index is 0.673. The van der Waals surface area contributed by atoms with E-state index in [0.717, 1.165) is 0 Å². The summed E-state index contributed by atoms with van der Waals surface area (Å²) < 4.78 is 4.81. The van der Waals surface area contributed by atoms with Gasteiger partial charge in [-0.1, -0.05) is 0 Å². The number of carboxylic acid groups (broad SMARTS) is 1. The molecule has 16 heavy (non-hydrogen) atoms. The van der Waals surface area contributed by atoms with Crippen LogP contribution >= 0.6 is 0 Å². The summed E-state index contributed by atoms with van der Waals surface area (Å²) in [4.78, 5) is 10.5. The number of carboxylic acids is 1. The summed E-state index contributed by atoms with van der Waals surface area (Å²) in [5, 5.41) is 54.6. The lowest BCUT2D eigenvalue weighted by Gasteiger charge is -2.40. The smallest absolute Gasteiger partial charge is 0.335 e. The Hall–Kier alpha value is -0.770. The lowest BCUT2D eigenvalue weighted by atomic mass is 9.92. The predicted octanol–water partition coefficient (Wildman–Crippen LogP) is -3.73. The van der Waals surface area contributed by atoms with E-state index in [2.05, 4.69) is 0 Å². The van der Waals surface area contributed by atoms with Gasteiger partial charge in [0.05, 0.1) is 6.61 Å². The molecule has 0 aliphatic carbocycles.